The molecule has 4 nitrogen and oxygen atoms in total. The van der Waals surface area contributed by atoms with Crippen molar-refractivity contribution in [3.63, 3.8) is 0 Å². The van der Waals surface area contributed by atoms with Crippen LogP contribution in [0.3, 0.4) is 0 Å². The van der Waals surface area contributed by atoms with E-state index in [1.165, 1.54) is 0 Å². The highest BCUT2D eigenvalue weighted by molar-refractivity contribution is 7.83. The van der Waals surface area contributed by atoms with E-state index in [0.29, 0.717) is 17.4 Å². The molecule has 0 radical (unpaired) electrons. The Labute approximate surface area is 107 Å². The first-order chi connectivity index (χ1) is 8.04. The number of thiazole rings is 1. The Morgan fingerprint density at radius 3 is 2.65 bits per heavy atom. The van der Waals surface area contributed by atoms with E-state index < -0.39 is 10.8 Å². The number of hydrogen-bond donors (Lipinski definition) is 0. The number of rotatable bonds is 4. The van der Waals surface area contributed by atoms with Crippen molar-refractivity contribution in [2.24, 2.45) is 0 Å². The maximum atomic E-state index is 11.9. The Kier molecular flexibility index (Phi) is 3.73. The van der Waals surface area contributed by atoms with Gasteiger partial charge >= 0.3 is 0 Å². The van der Waals surface area contributed by atoms with Crippen LogP contribution in [0.15, 0.2) is 10.6 Å². The second-order valence-electron chi connectivity index (χ2n) is 3.84. The van der Waals surface area contributed by atoms with Crippen LogP contribution in [-0.4, -0.2) is 14.2 Å². The largest absolute Gasteiger partial charge is 0.445 e. The normalized spacial score (nSPS) is 12.9. The van der Waals surface area contributed by atoms with Gasteiger partial charge in [0.2, 0.25) is 5.89 Å². The summed E-state index contributed by atoms with van der Waals surface area (Å²) in [6.45, 7) is 5.74. The summed E-state index contributed by atoms with van der Waals surface area (Å²) in [5.41, 5.74) is 0.863. The van der Waals surface area contributed by atoms with Crippen LogP contribution in [0.5, 0.6) is 0 Å². The van der Waals surface area contributed by atoms with Crippen molar-refractivity contribution < 1.29 is 8.63 Å². The smallest absolute Gasteiger partial charge is 0.207 e. The van der Waals surface area contributed by atoms with E-state index >= 15 is 0 Å². The lowest BCUT2D eigenvalue weighted by molar-refractivity contribution is 0.487. The zero-order chi connectivity index (χ0) is 12.4. The standard InChI is InChI=1S/C11H14N2O2S2/c1-7-4-12-11(16-7)6-17(14)5-10-13-8(2)9(3)15-10/h4H,5-6H2,1-3H3/t17-/m1/s1. The molecule has 6 heteroatoms. The maximum Gasteiger partial charge on any atom is 0.207 e. The number of hydrogen-bond acceptors (Lipinski definition) is 5. The van der Waals surface area contributed by atoms with Gasteiger partial charge in [-0.3, -0.25) is 4.21 Å². The van der Waals surface area contributed by atoms with Gasteiger partial charge in [-0.2, -0.15) is 0 Å². The molecule has 1 atom stereocenters. The molecule has 0 saturated carbocycles. The van der Waals surface area contributed by atoms with Crippen molar-refractivity contribution >= 4 is 22.1 Å². The first kappa shape index (κ1) is 12.4. The lowest BCUT2D eigenvalue weighted by atomic mass is 10.4. The molecule has 0 aliphatic carbocycles. The third-order valence-corrected chi connectivity index (χ3v) is 4.57. The summed E-state index contributed by atoms with van der Waals surface area (Å²) in [7, 11) is -1.01. The lowest BCUT2D eigenvalue weighted by Gasteiger charge is -1.95. The van der Waals surface area contributed by atoms with Crippen LogP contribution in [0.25, 0.3) is 0 Å². The molecule has 0 amide bonds. The number of aryl methyl sites for hydroxylation is 3. The lowest BCUT2D eigenvalue weighted by Crippen LogP contribution is -1.99. The summed E-state index contributed by atoms with van der Waals surface area (Å²) in [6, 6.07) is 0. The Bertz CT molecular complexity index is 526. The zero-order valence-electron chi connectivity index (χ0n) is 10.0. The van der Waals surface area contributed by atoms with Gasteiger partial charge in [0.1, 0.15) is 16.5 Å². The van der Waals surface area contributed by atoms with Crippen molar-refractivity contribution in [3.8, 4) is 0 Å². The Balaban J connectivity index is 1.97. The summed E-state index contributed by atoms with van der Waals surface area (Å²) >= 11 is 1.58. The van der Waals surface area contributed by atoms with E-state index in [9.17, 15) is 4.21 Å². The van der Waals surface area contributed by atoms with Crippen LogP contribution in [0.1, 0.15) is 27.2 Å². The highest BCUT2D eigenvalue weighted by Gasteiger charge is 2.11. The van der Waals surface area contributed by atoms with Crippen molar-refractivity contribution in [2.45, 2.75) is 32.3 Å². The average Bonchev–Trinajstić information content (AvgIpc) is 2.75. The average molecular weight is 270 g/mol. The summed E-state index contributed by atoms with van der Waals surface area (Å²) in [5.74, 6) is 2.17. The molecule has 0 aliphatic heterocycles. The third kappa shape index (κ3) is 3.23. The Hall–Kier alpha value is -1.01. The van der Waals surface area contributed by atoms with Gasteiger partial charge in [0.15, 0.2) is 0 Å². The molecule has 17 heavy (non-hydrogen) atoms. The molecule has 0 bridgehead atoms. The monoisotopic (exact) mass is 270 g/mol. The van der Waals surface area contributed by atoms with E-state index in [-0.39, 0.29) is 0 Å². The molecule has 0 fully saturated rings. The van der Waals surface area contributed by atoms with Crippen LogP contribution in [0, 0.1) is 20.8 Å². The molecule has 92 valence electrons. The summed E-state index contributed by atoms with van der Waals surface area (Å²) in [4.78, 5) is 9.55. The molecule has 0 N–H and O–H groups in total. The minimum absolute atomic E-state index is 0.354. The predicted octanol–water partition coefficient (Wildman–Crippen LogP) is 2.51. The zero-order valence-corrected chi connectivity index (χ0v) is 11.7. The molecule has 0 spiro atoms. The SMILES string of the molecule is Cc1cnc(C[S@](=O)Cc2nc(C)c(C)o2)s1. The quantitative estimate of drug-likeness (QED) is 0.856. The summed E-state index contributed by atoms with van der Waals surface area (Å²) in [5, 5.41) is 0.904. The second-order valence-corrected chi connectivity index (χ2v) is 6.62. The molecule has 0 saturated heterocycles. The fourth-order valence-electron chi connectivity index (χ4n) is 1.40. The van der Waals surface area contributed by atoms with E-state index in [1.54, 1.807) is 17.5 Å². The fraction of sp³-hybridized carbons (Fsp3) is 0.455. The van der Waals surface area contributed by atoms with E-state index in [1.807, 2.05) is 20.8 Å². The van der Waals surface area contributed by atoms with Crippen LogP contribution in [0.2, 0.25) is 0 Å². The first-order valence-corrected chi connectivity index (χ1v) is 7.54. The highest BCUT2D eigenvalue weighted by atomic mass is 32.2. The van der Waals surface area contributed by atoms with Gasteiger partial charge in [-0.1, -0.05) is 0 Å². The molecule has 0 aromatic carbocycles. The molecular weight excluding hydrogens is 256 g/mol. The third-order valence-electron chi connectivity index (χ3n) is 2.31. The molecule has 2 aromatic heterocycles. The van der Waals surface area contributed by atoms with Crippen LogP contribution in [0.4, 0.5) is 0 Å². The minimum atomic E-state index is -1.01. The number of oxazole rings is 1. The van der Waals surface area contributed by atoms with Crippen LogP contribution >= 0.6 is 11.3 Å². The van der Waals surface area contributed by atoms with Crippen molar-refractivity contribution in [1.82, 2.24) is 9.97 Å². The van der Waals surface area contributed by atoms with Gasteiger partial charge < -0.3 is 4.42 Å². The van der Waals surface area contributed by atoms with Crippen molar-refractivity contribution in [1.29, 1.82) is 0 Å². The van der Waals surface area contributed by atoms with E-state index in [2.05, 4.69) is 9.97 Å². The number of nitrogens with zero attached hydrogens (tertiary/aromatic N) is 2. The molecular formula is C11H14N2O2S2. The highest BCUT2D eigenvalue weighted by Crippen LogP contribution is 2.16. The van der Waals surface area contributed by atoms with Gasteiger partial charge in [0, 0.05) is 21.9 Å². The predicted molar refractivity (Wildman–Crippen MR) is 68.4 cm³/mol. The Morgan fingerprint density at radius 1 is 1.35 bits per heavy atom. The van der Waals surface area contributed by atoms with Gasteiger partial charge in [-0.05, 0) is 20.8 Å². The van der Waals surface area contributed by atoms with Crippen molar-refractivity contribution in [2.75, 3.05) is 0 Å². The molecule has 0 aliphatic rings. The molecule has 2 heterocycles. The minimum Gasteiger partial charge on any atom is -0.445 e. The van der Waals surface area contributed by atoms with Gasteiger partial charge in [0.25, 0.3) is 0 Å². The van der Waals surface area contributed by atoms with Gasteiger partial charge in [-0.25, -0.2) is 9.97 Å². The fourth-order valence-corrected chi connectivity index (χ4v) is 3.46. The second kappa shape index (κ2) is 5.10. The molecule has 2 rings (SSSR count). The first-order valence-electron chi connectivity index (χ1n) is 5.24. The van der Waals surface area contributed by atoms with Crippen LogP contribution < -0.4 is 0 Å². The molecule has 2 aromatic rings. The van der Waals surface area contributed by atoms with E-state index in [4.69, 9.17) is 4.42 Å². The topological polar surface area (TPSA) is 56.0 Å². The molecule has 0 unspecified atom stereocenters. The summed E-state index contributed by atoms with van der Waals surface area (Å²) in [6.07, 6.45) is 1.80. The summed E-state index contributed by atoms with van der Waals surface area (Å²) < 4.78 is 17.3. The maximum absolute atomic E-state index is 11.9. The Morgan fingerprint density at radius 2 is 2.12 bits per heavy atom. The van der Waals surface area contributed by atoms with E-state index in [0.717, 1.165) is 21.3 Å². The van der Waals surface area contributed by atoms with Crippen LogP contribution in [-0.2, 0) is 22.3 Å². The van der Waals surface area contributed by atoms with Gasteiger partial charge in [0.05, 0.1) is 11.4 Å². The van der Waals surface area contributed by atoms with Gasteiger partial charge in [-0.15, -0.1) is 11.3 Å². The van der Waals surface area contributed by atoms with Crippen molar-refractivity contribution in [3.05, 3.63) is 33.4 Å². The number of aromatic nitrogens is 2.